The van der Waals surface area contributed by atoms with Gasteiger partial charge in [0.15, 0.2) is 0 Å². The van der Waals surface area contributed by atoms with Crippen molar-refractivity contribution >= 4 is 0 Å². The molecular formula is C10H18FN. The van der Waals surface area contributed by atoms with Crippen molar-refractivity contribution in [1.29, 1.82) is 0 Å². The quantitative estimate of drug-likeness (QED) is 0.597. The van der Waals surface area contributed by atoms with Crippen LogP contribution in [0.25, 0.3) is 0 Å². The zero-order chi connectivity index (χ0) is 9.03. The fourth-order valence-corrected chi connectivity index (χ4v) is 1.72. The molecule has 0 radical (unpaired) electrons. The predicted molar refractivity (Wildman–Crippen MR) is 50.0 cm³/mol. The van der Waals surface area contributed by atoms with Crippen LogP contribution in [0, 0.1) is 0 Å². The average molecular weight is 171 g/mol. The Morgan fingerprint density at radius 3 is 2.75 bits per heavy atom. The average Bonchev–Trinajstić information content (AvgIpc) is 2.12. The molecule has 1 aliphatic rings. The van der Waals surface area contributed by atoms with Crippen molar-refractivity contribution in [3.63, 3.8) is 0 Å². The fraction of sp³-hybridized carbons (Fsp3) is 0.800. The van der Waals surface area contributed by atoms with E-state index in [0.29, 0.717) is 12.8 Å². The van der Waals surface area contributed by atoms with Gasteiger partial charge in [-0.2, -0.15) is 0 Å². The van der Waals surface area contributed by atoms with Crippen LogP contribution in [0.5, 0.6) is 0 Å². The van der Waals surface area contributed by atoms with Crippen molar-refractivity contribution in [3.8, 4) is 0 Å². The molecule has 1 nitrogen and oxygen atoms in total. The summed E-state index contributed by atoms with van der Waals surface area (Å²) in [5.74, 6) is 0. The van der Waals surface area contributed by atoms with Gasteiger partial charge in [0.2, 0.25) is 0 Å². The number of alkyl halides is 1. The Morgan fingerprint density at radius 2 is 2.08 bits per heavy atom. The lowest BCUT2D eigenvalue weighted by Gasteiger charge is -2.19. The monoisotopic (exact) mass is 171 g/mol. The van der Waals surface area contributed by atoms with Gasteiger partial charge in [0.1, 0.15) is 5.67 Å². The molecule has 70 valence electrons. The first kappa shape index (κ1) is 9.72. The van der Waals surface area contributed by atoms with E-state index in [4.69, 9.17) is 0 Å². The molecule has 0 spiro atoms. The second kappa shape index (κ2) is 4.04. The molecule has 1 unspecified atom stereocenters. The molecule has 0 amide bonds. The molecule has 1 atom stereocenters. The molecular weight excluding hydrogens is 153 g/mol. The van der Waals surface area contributed by atoms with E-state index >= 15 is 0 Å². The molecule has 1 saturated heterocycles. The summed E-state index contributed by atoms with van der Waals surface area (Å²) >= 11 is 0. The van der Waals surface area contributed by atoms with Gasteiger partial charge in [-0.25, -0.2) is 4.39 Å². The number of halogens is 1. The summed E-state index contributed by atoms with van der Waals surface area (Å²) in [5, 5.41) is 3.21. The summed E-state index contributed by atoms with van der Waals surface area (Å²) in [7, 11) is 0. The number of allylic oxidation sites excluding steroid dienone is 2. The van der Waals surface area contributed by atoms with Crippen molar-refractivity contribution in [1.82, 2.24) is 5.32 Å². The maximum Gasteiger partial charge on any atom is 0.130 e. The van der Waals surface area contributed by atoms with E-state index in [-0.39, 0.29) is 0 Å². The lowest BCUT2D eigenvalue weighted by atomic mass is 9.95. The van der Waals surface area contributed by atoms with Crippen molar-refractivity contribution < 1.29 is 4.39 Å². The minimum absolute atomic E-state index is 0.623. The van der Waals surface area contributed by atoms with Crippen LogP contribution in [0.1, 0.15) is 33.1 Å². The van der Waals surface area contributed by atoms with Gasteiger partial charge in [0.05, 0.1) is 0 Å². The molecule has 1 rings (SSSR count). The molecule has 0 aromatic rings. The second-order valence-electron chi connectivity index (χ2n) is 3.86. The molecule has 12 heavy (non-hydrogen) atoms. The fourth-order valence-electron chi connectivity index (χ4n) is 1.72. The molecule has 1 fully saturated rings. The molecule has 0 aromatic carbocycles. The highest BCUT2D eigenvalue weighted by Crippen LogP contribution is 2.26. The van der Waals surface area contributed by atoms with Crippen molar-refractivity contribution in [2.24, 2.45) is 0 Å². The summed E-state index contributed by atoms with van der Waals surface area (Å²) in [5.41, 5.74) is 0.0434. The SMILES string of the molecule is CC(C)=CC1(F)CCCNCC1. The van der Waals surface area contributed by atoms with Crippen LogP contribution < -0.4 is 5.32 Å². The van der Waals surface area contributed by atoms with Gasteiger partial charge in [-0.05, 0) is 52.3 Å². The largest absolute Gasteiger partial charge is 0.317 e. The number of nitrogens with one attached hydrogen (secondary N) is 1. The molecule has 1 N–H and O–H groups in total. The van der Waals surface area contributed by atoms with Gasteiger partial charge < -0.3 is 5.32 Å². The molecule has 0 saturated carbocycles. The van der Waals surface area contributed by atoms with E-state index in [1.807, 2.05) is 13.8 Å². The third kappa shape index (κ3) is 2.94. The molecule has 2 heteroatoms. The van der Waals surface area contributed by atoms with Crippen LogP contribution in [0.2, 0.25) is 0 Å². The lowest BCUT2D eigenvalue weighted by Crippen LogP contribution is -2.22. The van der Waals surface area contributed by atoms with Crippen LogP contribution >= 0.6 is 0 Å². The lowest BCUT2D eigenvalue weighted by molar-refractivity contribution is 0.206. The minimum Gasteiger partial charge on any atom is -0.317 e. The molecule has 0 bridgehead atoms. The topological polar surface area (TPSA) is 12.0 Å². The van der Waals surface area contributed by atoms with Crippen molar-refractivity contribution in [3.05, 3.63) is 11.6 Å². The van der Waals surface area contributed by atoms with Crippen LogP contribution in [-0.4, -0.2) is 18.8 Å². The first-order valence-electron chi connectivity index (χ1n) is 4.68. The van der Waals surface area contributed by atoms with E-state index in [9.17, 15) is 4.39 Å². The van der Waals surface area contributed by atoms with Gasteiger partial charge in [-0.1, -0.05) is 5.57 Å². The zero-order valence-corrected chi connectivity index (χ0v) is 7.99. The number of hydrogen-bond acceptors (Lipinski definition) is 1. The summed E-state index contributed by atoms with van der Waals surface area (Å²) in [6.07, 6.45) is 4.02. The zero-order valence-electron chi connectivity index (χ0n) is 7.99. The first-order chi connectivity index (χ1) is 5.62. The van der Waals surface area contributed by atoms with Gasteiger partial charge >= 0.3 is 0 Å². The van der Waals surface area contributed by atoms with Crippen LogP contribution in [0.3, 0.4) is 0 Å². The highest BCUT2D eigenvalue weighted by molar-refractivity contribution is 5.08. The van der Waals surface area contributed by atoms with E-state index in [1.54, 1.807) is 6.08 Å². The third-order valence-electron chi connectivity index (χ3n) is 2.21. The maximum absolute atomic E-state index is 14.0. The standard InChI is InChI=1S/C10H18FN/c1-9(2)8-10(11)4-3-6-12-7-5-10/h8,12H,3-7H2,1-2H3. The van der Waals surface area contributed by atoms with Crippen molar-refractivity contribution in [2.45, 2.75) is 38.8 Å². The molecule has 0 aromatic heterocycles. The summed E-state index contributed by atoms with van der Waals surface area (Å²) in [4.78, 5) is 0. The predicted octanol–water partition coefficient (Wildman–Crippen LogP) is 2.43. The Hall–Kier alpha value is -0.370. The summed E-state index contributed by atoms with van der Waals surface area (Å²) in [6.45, 7) is 5.68. The first-order valence-corrected chi connectivity index (χ1v) is 4.68. The summed E-state index contributed by atoms with van der Waals surface area (Å²) in [6, 6.07) is 0. The smallest absolute Gasteiger partial charge is 0.130 e. The van der Waals surface area contributed by atoms with E-state index in [2.05, 4.69) is 5.32 Å². The molecule has 1 aliphatic heterocycles. The maximum atomic E-state index is 14.0. The van der Waals surface area contributed by atoms with Crippen LogP contribution in [0.4, 0.5) is 4.39 Å². The molecule has 0 aliphatic carbocycles. The highest BCUT2D eigenvalue weighted by Gasteiger charge is 2.27. The Morgan fingerprint density at radius 1 is 1.33 bits per heavy atom. The van der Waals surface area contributed by atoms with Crippen LogP contribution in [-0.2, 0) is 0 Å². The van der Waals surface area contributed by atoms with E-state index in [1.165, 1.54) is 0 Å². The van der Waals surface area contributed by atoms with Gasteiger partial charge in [-0.15, -0.1) is 0 Å². The Balaban J connectivity index is 2.60. The van der Waals surface area contributed by atoms with Crippen LogP contribution in [0.15, 0.2) is 11.6 Å². The second-order valence-corrected chi connectivity index (χ2v) is 3.86. The van der Waals surface area contributed by atoms with Gasteiger partial charge in [0.25, 0.3) is 0 Å². The number of rotatable bonds is 1. The Labute approximate surface area is 74.0 Å². The van der Waals surface area contributed by atoms with E-state index in [0.717, 1.165) is 25.1 Å². The number of hydrogen-bond donors (Lipinski definition) is 1. The molecule has 1 heterocycles. The highest BCUT2D eigenvalue weighted by atomic mass is 19.1. The van der Waals surface area contributed by atoms with Gasteiger partial charge in [0, 0.05) is 0 Å². The summed E-state index contributed by atoms with van der Waals surface area (Å²) < 4.78 is 14.0. The normalized spacial score (nSPS) is 30.9. The minimum atomic E-state index is -1.04. The third-order valence-corrected chi connectivity index (χ3v) is 2.21. The van der Waals surface area contributed by atoms with Gasteiger partial charge in [-0.3, -0.25) is 0 Å². The van der Waals surface area contributed by atoms with E-state index < -0.39 is 5.67 Å². The Kier molecular flexibility index (Phi) is 3.27. The van der Waals surface area contributed by atoms with Crippen molar-refractivity contribution in [2.75, 3.05) is 13.1 Å². The Bertz CT molecular complexity index is 163.